The normalized spacial score (nSPS) is 39.2. The maximum atomic E-state index is 14.7. The smallest absolute Gasteiger partial charge is 0.320 e. The second-order valence-corrected chi connectivity index (χ2v) is 17.5. The number of Topliss-reactive ketones (excluding diaryl/α,β-unsaturated/α-hetero) is 2. The molecule has 1 aromatic rings. The summed E-state index contributed by atoms with van der Waals surface area (Å²) in [5.41, 5.74) is -1.76. The molecule has 0 N–H and O–H groups in total. The number of esters is 3. The molecule has 4 heterocycles. The molecule has 0 bridgehead atoms. The average molecular weight is 791 g/mol. The van der Waals surface area contributed by atoms with Gasteiger partial charge in [-0.05, 0) is 85.4 Å². The van der Waals surface area contributed by atoms with Crippen LogP contribution < -0.4 is 0 Å². The van der Waals surface area contributed by atoms with Gasteiger partial charge < -0.3 is 33.3 Å². The molecule has 3 aliphatic rings. The van der Waals surface area contributed by atoms with E-state index in [1.165, 1.54) is 32.7 Å². The standard InChI is InChI=1S/C41H62N2O11S/c1-13-30-41(9)31(35(38(48)54-41)55-19-17-28-16-14-15-18-42-28)24(4)32(45)22(2)21-40(8,49-12)36(25(5)33(46)26(6)37(47)52-30)53-39-34(51-27(7)44)29(43(10)11)20-23(3)50-39/h14-16,18,22-26,29-31,34-36,39H,13,17,19-21H2,1-12H3/t22-,23-,24-,25+,26-,29+,30-,31+,34-,35+,36-,39+,40-,41-/m1/s1. The van der Waals surface area contributed by atoms with E-state index in [9.17, 15) is 24.0 Å². The number of methoxy groups -OCH3 is 1. The third-order valence-corrected chi connectivity index (χ3v) is 13.2. The number of aryl methyl sites for hydroxylation is 1. The van der Waals surface area contributed by atoms with Gasteiger partial charge in [0.1, 0.15) is 23.1 Å². The summed E-state index contributed by atoms with van der Waals surface area (Å²) in [5.74, 6) is -6.04. The fraction of sp³-hybridized carbons (Fsp3) is 0.756. The van der Waals surface area contributed by atoms with Crippen molar-refractivity contribution in [2.75, 3.05) is 27.0 Å². The maximum absolute atomic E-state index is 14.7. The Hall–Kier alpha value is -2.91. The van der Waals surface area contributed by atoms with E-state index in [2.05, 4.69) is 4.98 Å². The van der Waals surface area contributed by atoms with Gasteiger partial charge in [-0.15, -0.1) is 11.8 Å². The number of carbonyl (C=O) groups excluding carboxylic acids is 5. The highest BCUT2D eigenvalue weighted by Crippen LogP contribution is 2.49. The quantitative estimate of drug-likeness (QED) is 0.180. The summed E-state index contributed by atoms with van der Waals surface area (Å²) in [5, 5.41) is -0.724. The van der Waals surface area contributed by atoms with Crippen LogP contribution in [0.25, 0.3) is 0 Å². The molecule has 3 aliphatic heterocycles. The number of thioether (sulfide) groups is 1. The Labute approximate surface area is 330 Å². The first-order valence-corrected chi connectivity index (χ1v) is 20.6. The Morgan fingerprint density at radius 1 is 1.02 bits per heavy atom. The predicted octanol–water partition coefficient (Wildman–Crippen LogP) is 4.85. The van der Waals surface area contributed by atoms with Crippen LogP contribution in [0, 0.1) is 29.6 Å². The zero-order chi connectivity index (χ0) is 41.0. The van der Waals surface area contributed by atoms with Gasteiger partial charge in [-0.3, -0.25) is 29.0 Å². The van der Waals surface area contributed by atoms with Crippen molar-refractivity contribution < 1.29 is 52.4 Å². The van der Waals surface area contributed by atoms with E-state index in [-0.39, 0.29) is 30.8 Å². The fourth-order valence-corrected chi connectivity index (χ4v) is 10.4. The average Bonchev–Trinajstić information content (AvgIpc) is 3.40. The van der Waals surface area contributed by atoms with Crippen molar-refractivity contribution >= 4 is 41.2 Å². The lowest BCUT2D eigenvalue weighted by Gasteiger charge is -2.47. The topological polar surface area (TPSA) is 157 Å². The number of ether oxygens (including phenoxy) is 6. The largest absolute Gasteiger partial charge is 0.458 e. The van der Waals surface area contributed by atoms with Crippen LogP contribution in [-0.4, -0.2) is 120 Å². The molecule has 0 amide bonds. The summed E-state index contributed by atoms with van der Waals surface area (Å²) < 4.78 is 37.4. The molecule has 1 aromatic heterocycles. The van der Waals surface area contributed by atoms with Gasteiger partial charge in [0.2, 0.25) is 0 Å². The van der Waals surface area contributed by atoms with Gasteiger partial charge in [-0.25, -0.2) is 0 Å². The predicted molar refractivity (Wildman–Crippen MR) is 206 cm³/mol. The van der Waals surface area contributed by atoms with Crippen LogP contribution in [0.1, 0.15) is 87.3 Å². The van der Waals surface area contributed by atoms with Gasteiger partial charge in [-0.2, -0.15) is 0 Å². The number of cyclic esters (lactones) is 1. The van der Waals surface area contributed by atoms with Crippen LogP contribution >= 0.6 is 11.8 Å². The Balaban J connectivity index is 1.77. The van der Waals surface area contributed by atoms with E-state index in [0.29, 0.717) is 18.6 Å². The molecule has 4 rings (SSSR count). The minimum Gasteiger partial charge on any atom is -0.458 e. The van der Waals surface area contributed by atoms with Crippen LogP contribution in [0.15, 0.2) is 24.4 Å². The summed E-state index contributed by atoms with van der Waals surface area (Å²) in [7, 11) is 5.25. The Morgan fingerprint density at radius 3 is 2.29 bits per heavy atom. The zero-order valence-corrected chi connectivity index (χ0v) is 35.4. The van der Waals surface area contributed by atoms with Crippen LogP contribution in [0.4, 0.5) is 0 Å². The monoisotopic (exact) mass is 790 g/mol. The van der Waals surface area contributed by atoms with Crippen molar-refractivity contribution in [2.24, 2.45) is 29.6 Å². The van der Waals surface area contributed by atoms with Crippen LogP contribution in [0.2, 0.25) is 0 Å². The molecule has 14 heteroatoms. The highest BCUT2D eigenvalue weighted by molar-refractivity contribution is 8.00. The zero-order valence-electron chi connectivity index (χ0n) is 34.6. The molecule has 0 aromatic carbocycles. The molecule has 0 spiro atoms. The number of ketones is 2. The molecular weight excluding hydrogens is 729 g/mol. The third-order valence-electron chi connectivity index (χ3n) is 12.0. The van der Waals surface area contributed by atoms with Gasteiger partial charge in [-0.1, -0.05) is 33.8 Å². The Kier molecular flexibility index (Phi) is 15.1. The Bertz CT molecular complexity index is 1530. The van der Waals surface area contributed by atoms with E-state index in [1.54, 1.807) is 27.0 Å². The minimum atomic E-state index is -1.35. The lowest BCUT2D eigenvalue weighted by molar-refractivity contribution is -0.298. The molecule has 308 valence electrons. The lowest BCUT2D eigenvalue weighted by atomic mass is 9.70. The number of likely N-dealkylation sites (N-methyl/N-ethyl adjacent to an activating group) is 1. The summed E-state index contributed by atoms with van der Waals surface area (Å²) in [6.07, 6.45) is -0.955. The van der Waals surface area contributed by atoms with Crippen molar-refractivity contribution in [3.8, 4) is 0 Å². The number of aromatic nitrogens is 1. The first kappa shape index (κ1) is 44.8. The van der Waals surface area contributed by atoms with Crippen LogP contribution in [0.3, 0.4) is 0 Å². The SMILES string of the molecule is CC[C@H]1OC(=O)[C@H](C)C(=O)[C@H](C)[C@@H](O[C@@H]2O[C@H](C)C[C@H](N(C)C)[C@H]2OC(C)=O)[C@](C)(OC)C[C@@H](C)C(=O)[C@H](C)[C@H]2[C@H](SCCc3ccccn3)C(=O)O[C@@]21C. The van der Waals surface area contributed by atoms with Gasteiger partial charge in [0.25, 0.3) is 0 Å². The molecule has 0 radical (unpaired) electrons. The van der Waals surface area contributed by atoms with Gasteiger partial charge in [0.05, 0.1) is 23.9 Å². The molecule has 0 aliphatic carbocycles. The first-order chi connectivity index (χ1) is 25.8. The Morgan fingerprint density at radius 2 is 1.71 bits per heavy atom. The van der Waals surface area contributed by atoms with E-state index in [1.807, 2.05) is 64.9 Å². The van der Waals surface area contributed by atoms with Gasteiger partial charge in [0.15, 0.2) is 23.8 Å². The van der Waals surface area contributed by atoms with Crippen molar-refractivity contribution in [1.82, 2.24) is 9.88 Å². The van der Waals surface area contributed by atoms with Gasteiger partial charge in [0, 0.05) is 49.6 Å². The van der Waals surface area contributed by atoms with Crippen LogP contribution in [0.5, 0.6) is 0 Å². The molecule has 55 heavy (non-hydrogen) atoms. The highest BCUT2D eigenvalue weighted by Gasteiger charge is 2.61. The molecule has 0 unspecified atom stereocenters. The molecule has 14 atom stereocenters. The van der Waals surface area contributed by atoms with E-state index in [0.717, 1.165) is 5.69 Å². The number of hydrogen-bond acceptors (Lipinski definition) is 14. The van der Waals surface area contributed by atoms with Crippen molar-refractivity contribution in [1.29, 1.82) is 0 Å². The highest BCUT2D eigenvalue weighted by atomic mass is 32.2. The summed E-state index contributed by atoms with van der Waals surface area (Å²) in [6.45, 7) is 15.3. The van der Waals surface area contributed by atoms with Crippen molar-refractivity contribution in [3.63, 3.8) is 0 Å². The van der Waals surface area contributed by atoms with E-state index in [4.69, 9.17) is 28.4 Å². The number of pyridine rings is 1. The van der Waals surface area contributed by atoms with E-state index < -0.39 is 94.3 Å². The van der Waals surface area contributed by atoms with Crippen LogP contribution in [-0.2, 0) is 58.8 Å². The third kappa shape index (κ3) is 9.80. The fourth-order valence-electron chi connectivity index (χ4n) is 8.89. The summed E-state index contributed by atoms with van der Waals surface area (Å²) in [4.78, 5) is 75.6. The van der Waals surface area contributed by atoms with E-state index >= 15 is 0 Å². The number of rotatable bonds is 10. The molecule has 13 nitrogen and oxygen atoms in total. The second kappa shape index (κ2) is 18.6. The molecule has 3 saturated heterocycles. The summed E-state index contributed by atoms with van der Waals surface area (Å²) in [6, 6.07) is 5.41. The summed E-state index contributed by atoms with van der Waals surface area (Å²) >= 11 is 1.41. The number of hydrogen-bond donors (Lipinski definition) is 0. The number of nitrogens with zero attached hydrogens (tertiary/aromatic N) is 2. The second-order valence-electron chi connectivity index (χ2n) is 16.3. The first-order valence-electron chi connectivity index (χ1n) is 19.5. The minimum absolute atomic E-state index is 0.123. The van der Waals surface area contributed by atoms with Crippen molar-refractivity contribution in [3.05, 3.63) is 30.1 Å². The maximum Gasteiger partial charge on any atom is 0.320 e. The number of carbonyl (C=O) groups is 5. The lowest BCUT2D eigenvalue weighted by Crippen LogP contribution is -2.60. The molecular formula is C41H62N2O11S. The van der Waals surface area contributed by atoms with Crippen molar-refractivity contribution in [2.45, 2.75) is 141 Å². The number of fused-ring (bicyclic) bond motifs is 1. The molecule has 3 fully saturated rings. The van der Waals surface area contributed by atoms with Gasteiger partial charge >= 0.3 is 17.9 Å². The molecule has 0 saturated carbocycles.